The van der Waals surface area contributed by atoms with Gasteiger partial charge in [-0.1, -0.05) is 11.6 Å². The molecule has 158 valence electrons. The average Bonchev–Trinajstić information content (AvgIpc) is 3.24. The van der Waals surface area contributed by atoms with Gasteiger partial charge in [0.1, 0.15) is 22.6 Å². The highest BCUT2D eigenvalue weighted by atomic mass is 35.5. The zero-order valence-corrected chi connectivity index (χ0v) is 18.7. The van der Waals surface area contributed by atoms with Gasteiger partial charge in [0.25, 0.3) is 0 Å². The van der Waals surface area contributed by atoms with Crippen molar-refractivity contribution in [3.05, 3.63) is 69.9 Å². The van der Waals surface area contributed by atoms with E-state index in [2.05, 4.69) is 14.9 Å². The zero-order chi connectivity index (χ0) is 21.0. The summed E-state index contributed by atoms with van der Waals surface area (Å²) < 4.78 is 31.3. The molecule has 0 N–H and O–H groups in total. The van der Waals surface area contributed by atoms with E-state index in [1.807, 2.05) is 24.5 Å². The molecule has 1 aromatic carbocycles. The van der Waals surface area contributed by atoms with E-state index in [0.29, 0.717) is 15.8 Å². The minimum Gasteiger partial charge on any atom is -0.489 e. The fraction of sp³-hybridized carbons (Fsp3) is 0.333. The number of pyridine rings is 1. The number of hydrogen-bond acceptors (Lipinski definition) is 7. The van der Waals surface area contributed by atoms with Gasteiger partial charge in [0.05, 0.1) is 9.92 Å². The predicted octanol–water partition coefficient (Wildman–Crippen LogP) is 4.21. The summed E-state index contributed by atoms with van der Waals surface area (Å²) in [6.45, 7) is 2.78. The lowest BCUT2D eigenvalue weighted by atomic mass is 10.1. The Morgan fingerprint density at radius 2 is 1.90 bits per heavy atom. The van der Waals surface area contributed by atoms with Crippen molar-refractivity contribution in [2.24, 2.45) is 0 Å². The Balaban J connectivity index is 1.34. The summed E-state index contributed by atoms with van der Waals surface area (Å²) in [7, 11) is -3.50. The lowest BCUT2D eigenvalue weighted by Crippen LogP contribution is -2.37. The highest BCUT2D eigenvalue weighted by Gasteiger charge is 2.23. The molecule has 4 rings (SSSR count). The van der Waals surface area contributed by atoms with Crippen LogP contribution in [0.25, 0.3) is 0 Å². The maximum Gasteiger partial charge on any atom is 0.184 e. The Kier molecular flexibility index (Phi) is 6.67. The molecule has 0 spiro atoms. The van der Waals surface area contributed by atoms with Crippen molar-refractivity contribution >= 4 is 32.8 Å². The van der Waals surface area contributed by atoms with E-state index in [1.165, 1.54) is 23.0 Å². The molecule has 30 heavy (non-hydrogen) atoms. The Morgan fingerprint density at radius 1 is 1.13 bits per heavy atom. The summed E-state index contributed by atoms with van der Waals surface area (Å²) in [5.41, 5.74) is 1.25. The number of aromatic nitrogens is 2. The van der Waals surface area contributed by atoms with Gasteiger partial charge in [0.2, 0.25) is 0 Å². The average molecular weight is 464 g/mol. The van der Waals surface area contributed by atoms with Gasteiger partial charge in [0.15, 0.2) is 9.84 Å². The van der Waals surface area contributed by atoms with Crippen LogP contribution in [-0.2, 0) is 22.1 Å². The smallest absolute Gasteiger partial charge is 0.184 e. The highest BCUT2D eigenvalue weighted by molar-refractivity contribution is 7.90. The molecule has 0 radical (unpaired) electrons. The molecule has 9 heteroatoms. The number of ether oxygens (including phenoxy) is 1. The summed E-state index contributed by atoms with van der Waals surface area (Å²) in [5.74, 6) is 0.398. The second kappa shape index (κ2) is 9.43. The summed E-state index contributed by atoms with van der Waals surface area (Å²) >= 11 is 7.67. The topological polar surface area (TPSA) is 72.4 Å². The molecule has 0 aliphatic carbocycles. The second-order valence-corrected chi connectivity index (χ2v) is 10.6. The van der Waals surface area contributed by atoms with Gasteiger partial charge >= 0.3 is 0 Å². The van der Waals surface area contributed by atoms with E-state index in [4.69, 9.17) is 16.3 Å². The van der Waals surface area contributed by atoms with Crippen molar-refractivity contribution in [3.8, 4) is 5.75 Å². The number of benzene rings is 1. The Hall–Kier alpha value is -2.00. The van der Waals surface area contributed by atoms with Crippen LogP contribution in [0.15, 0.2) is 59.2 Å². The third-order valence-corrected chi connectivity index (χ3v) is 7.93. The molecule has 0 unspecified atom stereocenters. The van der Waals surface area contributed by atoms with E-state index >= 15 is 0 Å². The van der Waals surface area contributed by atoms with Crippen LogP contribution >= 0.6 is 22.9 Å². The van der Waals surface area contributed by atoms with Gasteiger partial charge in [-0.05, 0) is 48.7 Å². The summed E-state index contributed by atoms with van der Waals surface area (Å²) in [5, 5.41) is 2.64. The van der Waals surface area contributed by atoms with Crippen molar-refractivity contribution < 1.29 is 13.2 Å². The lowest BCUT2D eigenvalue weighted by Gasteiger charge is -2.32. The Labute approximate surface area is 185 Å². The first-order chi connectivity index (χ1) is 14.5. The number of rotatable bonds is 7. The van der Waals surface area contributed by atoms with Crippen molar-refractivity contribution in [3.63, 3.8) is 0 Å². The van der Waals surface area contributed by atoms with Gasteiger partial charge in [-0.25, -0.2) is 13.4 Å². The standard InChI is InChI=1S/C21H22ClN3O3S2/c22-19-13-18(30(26,27)15-21-24-9-12-29-21)1-2-20(19)28-17-5-10-25(11-6-17)14-16-3-7-23-8-4-16/h1-4,7-9,12-13,17H,5-6,10-11,14-15H2. The van der Waals surface area contributed by atoms with E-state index in [1.54, 1.807) is 23.7 Å². The maximum atomic E-state index is 12.6. The van der Waals surface area contributed by atoms with Crippen LogP contribution in [0.1, 0.15) is 23.4 Å². The number of hydrogen-bond donors (Lipinski definition) is 0. The van der Waals surface area contributed by atoms with E-state index in [0.717, 1.165) is 32.5 Å². The van der Waals surface area contributed by atoms with Crippen molar-refractivity contribution in [1.29, 1.82) is 0 Å². The van der Waals surface area contributed by atoms with E-state index in [9.17, 15) is 8.42 Å². The minimum atomic E-state index is -3.50. The second-order valence-electron chi connectivity index (χ2n) is 7.23. The lowest BCUT2D eigenvalue weighted by molar-refractivity contribution is 0.0968. The molecular formula is C21H22ClN3O3S2. The maximum absolute atomic E-state index is 12.6. The van der Waals surface area contributed by atoms with E-state index < -0.39 is 9.84 Å². The van der Waals surface area contributed by atoms with Gasteiger partial charge in [-0.2, -0.15) is 0 Å². The Morgan fingerprint density at radius 3 is 2.57 bits per heavy atom. The van der Waals surface area contributed by atoms with Gasteiger partial charge in [-0.3, -0.25) is 9.88 Å². The third-order valence-electron chi connectivity index (χ3n) is 5.04. The summed E-state index contributed by atoms with van der Waals surface area (Å²) in [4.78, 5) is 10.7. The molecule has 0 saturated carbocycles. The molecule has 1 fully saturated rings. The van der Waals surface area contributed by atoms with Crippen molar-refractivity contribution in [1.82, 2.24) is 14.9 Å². The van der Waals surface area contributed by atoms with Gasteiger partial charge in [0, 0.05) is 43.6 Å². The number of thiazole rings is 1. The van der Waals surface area contributed by atoms with Crippen LogP contribution in [0, 0.1) is 0 Å². The molecule has 0 atom stereocenters. The zero-order valence-electron chi connectivity index (χ0n) is 16.3. The van der Waals surface area contributed by atoms with Crippen LogP contribution in [0.3, 0.4) is 0 Å². The molecule has 0 bridgehead atoms. The fourth-order valence-corrected chi connectivity index (χ4v) is 6.02. The molecule has 2 aromatic heterocycles. The monoisotopic (exact) mass is 463 g/mol. The fourth-order valence-electron chi connectivity index (χ4n) is 3.45. The molecule has 3 heterocycles. The molecule has 3 aromatic rings. The van der Waals surface area contributed by atoms with Gasteiger partial charge in [-0.15, -0.1) is 11.3 Å². The van der Waals surface area contributed by atoms with Crippen LogP contribution in [-0.4, -0.2) is 42.5 Å². The van der Waals surface area contributed by atoms with Crippen LogP contribution in [0.2, 0.25) is 5.02 Å². The Bertz CT molecular complexity index is 1070. The number of sulfone groups is 1. The van der Waals surface area contributed by atoms with Crippen molar-refractivity contribution in [2.75, 3.05) is 13.1 Å². The van der Waals surface area contributed by atoms with Crippen LogP contribution in [0.4, 0.5) is 0 Å². The third kappa shape index (κ3) is 5.37. The molecule has 1 aliphatic rings. The highest BCUT2D eigenvalue weighted by Crippen LogP contribution is 2.31. The summed E-state index contributed by atoms with van der Waals surface area (Å²) in [6.07, 6.45) is 7.08. The molecule has 0 amide bonds. The van der Waals surface area contributed by atoms with Crippen molar-refractivity contribution in [2.45, 2.75) is 36.1 Å². The number of halogens is 1. The molecule has 6 nitrogen and oxygen atoms in total. The number of likely N-dealkylation sites (tertiary alicyclic amines) is 1. The minimum absolute atomic E-state index is 0.0639. The largest absolute Gasteiger partial charge is 0.489 e. The quantitative estimate of drug-likeness (QED) is 0.522. The first kappa shape index (κ1) is 21.2. The number of nitrogens with zero attached hydrogens (tertiary/aromatic N) is 3. The van der Waals surface area contributed by atoms with Crippen LogP contribution < -0.4 is 4.74 Å². The number of piperidine rings is 1. The summed E-state index contributed by atoms with van der Waals surface area (Å²) in [6, 6.07) is 8.75. The van der Waals surface area contributed by atoms with Crippen LogP contribution in [0.5, 0.6) is 5.75 Å². The first-order valence-corrected chi connectivity index (χ1v) is 12.6. The molecule has 1 aliphatic heterocycles. The molecule has 1 saturated heterocycles. The normalized spacial score (nSPS) is 15.9. The van der Waals surface area contributed by atoms with E-state index in [-0.39, 0.29) is 16.8 Å². The first-order valence-electron chi connectivity index (χ1n) is 9.68. The SMILES string of the molecule is O=S(=O)(Cc1nccs1)c1ccc(OC2CCN(Cc3ccncc3)CC2)c(Cl)c1. The molecular weight excluding hydrogens is 442 g/mol. The van der Waals surface area contributed by atoms with Gasteiger partial charge < -0.3 is 4.74 Å². The predicted molar refractivity (Wildman–Crippen MR) is 118 cm³/mol.